The summed E-state index contributed by atoms with van der Waals surface area (Å²) in [6.45, 7) is 0.384. The van der Waals surface area contributed by atoms with E-state index in [4.69, 9.17) is 10.5 Å². The molecule has 0 saturated heterocycles. The zero-order chi connectivity index (χ0) is 13.8. The zero-order valence-electron chi connectivity index (χ0n) is 9.88. The molecular weight excluding hydrogens is 312 g/mol. The van der Waals surface area contributed by atoms with Gasteiger partial charge in [-0.05, 0) is 39.7 Å². The summed E-state index contributed by atoms with van der Waals surface area (Å²) in [5.41, 5.74) is 6.35. The minimum absolute atomic E-state index is 0.0903. The Labute approximate surface area is 118 Å². The van der Waals surface area contributed by atoms with Crippen molar-refractivity contribution < 1.29 is 9.66 Å². The predicted molar refractivity (Wildman–Crippen MR) is 75.2 cm³/mol. The van der Waals surface area contributed by atoms with Gasteiger partial charge in [-0.25, -0.2) is 0 Å². The first kappa shape index (κ1) is 13.5. The summed E-state index contributed by atoms with van der Waals surface area (Å²) < 4.78 is 6.13. The van der Waals surface area contributed by atoms with E-state index in [0.717, 1.165) is 5.56 Å². The Hall–Kier alpha value is -1.92. The molecule has 6 heteroatoms. The number of ether oxygens (including phenoxy) is 1. The van der Waals surface area contributed by atoms with E-state index in [-0.39, 0.29) is 11.4 Å². The molecule has 0 aliphatic rings. The van der Waals surface area contributed by atoms with E-state index in [9.17, 15) is 10.1 Å². The lowest BCUT2D eigenvalue weighted by Gasteiger charge is -2.09. The molecule has 0 saturated carbocycles. The van der Waals surface area contributed by atoms with Gasteiger partial charge in [-0.3, -0.25) is 10.1 Å². The fourth-order valence-corrected chi connectivity index (χ4v) is 2.03. The lowest BCUT2D eigenvalue weighted by Crippen LogP contribution is -1.97. The molecule has 0 unspecified atom stereocenters. The molecule has 0 fully saturated rings. The van der Waals surface area contributed by atoms with E-state index in [2.05, 4.69) is 15.9 Å². The van der Waals surface area contributed by atoms with Crippen LogP contribution in [0.1, 0.15) is 5.56 Å². The van der Waals surface area contributed by atoms with E-state index in [1.54, 1.807) is 30.3 Å². The quantitative estimate of drug-likeness (QED) is 0.689. The Bertz CT molecular complexity index is 617. The maximum Gasteiger partial charge on any atom is 0.312 e. The second kappa shape index (κ2) is 5.81. The normalized spacial score (nSPS) is 10.2. The van der Waals surface area contributed by atoms with E-state index >= 15 is 0 Å². The van der Waals surface area contributed by atoms with Crippen LogP contribution in [0.5, 0.6) is 11.5 Å². The molecule has 19 heavy (non-hydrogen) atoms. The van der Waals surface area contributed by atoms with E-state index in [1.807, 2.05) is 6.07 Å². The molecule has 98 valence electrons. The molecule has 2 rings (SSSR count). The average Bonchev–Trinajstić information content (AvgIpc) is 2.41. The van der Waals surface area contributed by atoms with Crippen molar-refractivity contribution in [2.45, 2.75) is 6.54 Å². The first-order valence-electron chi connectivity index (χ1n) is 5.51. The summed E-state index contributed by atoms with van der Waals surface area (Å²) in [6, 6.07) is 11.8. The average molecular weight is 323 g/mol. The molecule has 0 aliphatic carbocycles. The predicted octanol–water partition coefficient (Wildman–Crippen LogP) is 3.61. The number of rotatable bonds is 4. The van der Waals surface area contributed by atoms with Gasteiger partial charge in [0.2, 0.25) is 5.75 Å². The molecule has 2 aromatic rings. The number of para-hydroxylation sites is 1. The van der Waals surface area contributed by atoms with Crippen LogP contribution in [0.3, 0.4) is 0 Å². The number of benzene rings is 2. The third kappa shape index (κ3) is 3.10. The van der Waals surface area contributed by atoms with Gasteiger partial charge in [-0.1, -0.05) is 18.2 Å². The van der Waals surface area contributed by atoms with Crippen molar-refractivity contribution in [1.29, 1.82) is 0 Å². The van der Waals surface area contributed by atoms with Gasteiger partial charge in [0.1, 0.15) is 5.75 Å². The molecule has 0 heterocycles. The first-order valence-corrected chi connectivity index (χ1v) is 6.31. The highest BCUT2D eigenvalue weighted by Gasteiger charge is 2.18. The number of nitrogens with two attached hydrogens (primary N) is 1. The van der Waals surface area contributed by atoms with Gasteiger partial charge >= 0.3 is 5.69 Å². The van der Waals surface area contributed by atoms with Crippen LogP contribution in [0.15, 0.2) is 46.9 Å². The molecular formula is C13H11BrN2O3. The number of nitro groups is 1. The minimum Gasteiger partial charge on any atom is -0.449 e. The van der Waals surface area contributed by atoms with E-state index in [1.165, 1.54) is 6.07 Å². The van der Waals surface area contributed by atoms with Crippen LogP contribution >= 0.6 is 15.9 Å². The first-order chi connectivity index (χ1) is 9.11. The minimum atomic E-state index is -0.479. The number of hydrogen-bond acceptors (Lipinski definition) is 4. The molecule has 0 atom stereocenters. The molecule has 2 aromatic carbocycles. The van der Waals surface area contributed by atoms with E-state index in [0.29, 0.717) is 16.8 Å². The van der Waals surface area contributed by atoms with Crippen molar-refractivity contribution >= 4 is 21.6 Å². The third-order valence-corrected chi connectivity index (χ3v) is 3.12. The Morgan fingerprint density at radius 1 is 1.26 bits per heavy atom. The summed E-state index contributed by atoms with van der Waals surface area (Å²) in [6.07, 6.45) is 0. The van der Waals surface area contributed by atoms with Crippen LogP contribution in [0.2, 0.25) is 0 Å². The molecule has 2 N–H and O–H groups in total. The van der Waals surface area contributed by atoms with Gasteiger partial charge in [0.15, 0.2) is 0 Å². The number of nitrogens with zero attached hydrogens (tertiary/aromatic N) is 1. The lowest BCUT2D eigenvalue weighted by atomic mass is 10.2. The number of hydrogen-bond donors (Lipinski definition) is 1. The fourth-order valence-electron chi connectivity index (χ4n) is 1.60. The highest BCUT2D eigenvalue weighted by Crippen LogP contribution is 2.37. The SMILES string of the molecule is NCc1cccc(Oc2c(Br)cccc2[N+](=O)[O-])c1. The summed E-state index contributed by atoms with van der Waals surface area (Å²) >= 11 is 3.25. The molecule has 0 radical (unpaired) electrons. The van der Waals surface area contributed by atoms with Gasteiger partial charge in [-0.2, -0.15) is 0 Å². The second-order valence-corrected chi connectivity index (χ2v) is 4.65. The van der Waals surface area contributed by atoms with Gasteiger partial charge in [0, 0.05) is 12.6 Å². The van der Waals surface area contributed by atoms with Gasteiger partial charge in [0.25, 0.3) is 0 Å². The summed E-state index contributed by atoms with van der Waals surface area (Å²) in [5, 5.41) is 11.0. The molecule has 0 spiro atoms. The van der Waals surface area contributed by atoms with Crippen molar-refractivity contribution in [2.24, 2.45) is 5.73 Å². The monoisotopic (exact) mass is 322 g/mol. The largest absolute Gasteiger partial charge is 0.449 e. The third-order valence-electron chi connectivity index (χ3n) is 2.50. The van der Waals surface area contributed by atoms with Crippen molar-refractivity contribution in [3.05, 3.63) is 62.6 Å². The number of nitro benzene ring substituents is 1. The van der Waals surface area contributed by atoms with Crippen LogP contribution < -0.4 is 10.5 Å². The molecule has 0 amide bonds. The second-order valence-electron chi connectivity index (χ2n) is 3.80. The Morgan fingerprint density at radius 2 is 2.00 bits per heavy atom. The van der Waals surface area contributed by atoms with Crippen LogP contribution in [-0.2, 0) is 6.54 Å². The highest BCUT2D eigenvalue weighted by atomic mass is 79.9. The maximum atomic E-state index is 11.0. The van der Waals surface area contributed by atoms with Crippen LogP contribution in [0, 0.1) is 10.1 Å². The standard InChI is InChI=1S/C13H11BrN2O3/c14-11-5-2-6-12(16(17)18)13(11)19-10-4-1-3-9(7-10)8-15/h1-7H,8,15H2. The Morgan fingerprint density at radius 3 is 2.68 bits per heavy atom. The van der Waals surface area contributed by atoms with Crippen molar-refractivity contribution in [3.8, 4) is 11.5 Å². The lowest BCUT2D eigenvalue weighted by molar-refractivity contribution is -0.385. The van der Waals surface area contributed by atoms with Crippen molar-refractivity contribution in [1.82, 2.24) is 0 Å². The number of halogens is 1. The Balaban J connectivity index is 2.40. The van der Waals surface area contributed by atoms with Gasteiger partial charge in [-0.15, -0.1) is 0 Å². The van der Waals surface area contributed by atoms with Gasteiger partial charge < -0.3 is 10.5 Å². The van der Waals surface area contributed by atoms with Crippen LogP contribution in [0.25, 0.3) is 0 Å². The fraction of sp³-hybridized carbons (Fsp3) is 0.0769. The maximum absolute atomic E-state index is 11.0. The van der Waals surface area contributed by atoms with E-state index < -0.39 is 4.92 Å². The summed E-state index contributed by atoms with van der Waals surface area (Å²) in [5.74, 6) is 0.694. The smallest absolute Gasteiger partial charge is 0.312 e. The molecule has 0 bridgehead atoms. The van der Waals surface area contributed by atoms with Crippen molar-refractivity contribution in [2.75, 3.05) is 0 Å². The van der Waals surface area contributed by atoms with Crippen LogP contribution in [-0.4, -0.2) is 4.92 Å². The molecule has 5 nitrogen and oxygen atoms in total. The summed E-state index contributed by atoms with van der Waals surface area (Å²) in [7, 11) is 0. The topological polar surface area (TPSA) is 78.4 Å². The van der Waals surface area contributed by atoms with Gasteiger partial charge in [0.05, 0.1) is 9.40 Å². The zero-order valence-corrected chi connectivity index (χ0v) is 11.5. The van der Waals surface area contributed by atoms with Crippen LogP contribution in [0.4, 0.5) is 5.69 Å². The highest BCUT2D eigenvalue weighted by molar-refractivity contribution is 9.10. The Kier molecular flexibility index (Phi) is 4.13. The van der Waals surface area contributed by atoms with Crippen molar-refractivity contribution in [3.63, 3.8) is 0 Å². The summed E-state index contributed by atoms with van der Waals surface area (Å²) in [4.78, 5) is 10.5. The molecule has 0 aliphatic heterocycles. The molecule has 0 aromatic heterocycles.